The van der Waals surface area contributed by atoms with Crippen LogP contribution < -0.4 is 0 Å². The summed E-state index contributed by atoms with van der Waals surface area (Å²) >= 11 is 0. The van der Waals surface area contributed by atoms with Crippen LogP contribution in [0.2, 0.25) is 0 Å². The second-order valence-corrected chi connectivity index (χ2v) is 4.54. The maximum absolute atomic E-state index is 11.3. The number of ether oxygens (including phenoxy) is 1. The molecule has 0 rings (SSSR count). The van der Waals surface area contributed by atoms with Crippen molar-refractivity contribution in [2.75, 3.05) is 13.2 Å². The summed E-state index contributed by atoms with van der Waals surface area (Å²) in [6, 6.07) is 0. The van der Waals surface area contributed by atoms with Gasteiger partial charge in [-0.15, -0.1) is 0 Å². The Morgan fingerprint density at radius 3 is 2.38 bits per heavy atom. The summed E-state index contributed by atoms with van der Waals surface area (Å²) in [7, 11) is 0. The predicted octanol–water partition coefficient (Wildman–Crippen LogP) is 2.54. The number of esters is 1. The van der Waals surface area contributed by atoms with Crippen molar-refractivity contribution in [1.29, 1.82) is 0 Å². The molecule has 0 aliphatic heterocycles. The largest absolute Gasteiger partial charge is 0.462 e. The Morgan fingerprint density at radius 1 is 1.31 bits per heavy atom. The lowest BCUT2D eigenvalue weighted by molar-refractivity contribution is -0.140. The van der Waals surface area contributed by atoms with E-state index in [-0.39, 0.29) is 12.6 Å². The summed E-state index contributed by atoms with van der Waals surface area (Å²) in [5.41, 5.74) is 0.649. The van der Waals surface area contributed by atoms with Crippen LogP contribution in [0.25, 0.3) is 0 Å². The first-order valence-electron chi connectivity index (χ1n) is 5.92. The zero-order valence-corrected chi connectivity index (χ0v) is 10.8. The smallest absolute Gasteiger partial charge is 0.333 e. The minimum Gasteiger partial charge on any atom is -0.462 e. The topological polar surface area (TPSA) is 46.5 Å². The van der Waals surface area contributed by atoms with Gasteiger partial charge >= 0.3 is 5.97 Å². The fraction of sp³-hybridized carbons (Fsp3) is 0.769. The molecule has 3 heteroatoms. The molecule has 3 nitrogen and oxygen atoms in total. The van der Waals surface area contributed by atoms with Gasteiger partial charge in [0.15, 0.2) is 0 Å². The van der Waals surface area contributed by atoms with Crippen LogP contribution in [0.1, 0.15) is 40.5 Å². The molecule has 0 fully saturated rings. The Hall–Kier alpha value is -0.830. The first kappa shape index (κ1) is 15.2. The van der Waals surface area contributed by atoms with Gasteiger partial charge < -0.3 is 9.84 Å². The molecule has 94 valence electrons. The number of rotatable bonds is 7. The van der Waals surface area contributed by atoms with Gasteiger partial charge in [0.1, 0.15) is 0 Å². The number of hydrogen-bond acceptors (Lipinski definition) is 3. The molecule has 0 bridgehead atoms. The highest BCUT2D eigenvalue weighted by molar-refractivity contribution is 5.87. The van der Waals surface area contributed by atoms with Crippen LogP contribution in [-0.4, -0.2) is 24.3 Å². The van der Waals surface area contributed by atoms with Crippen LogP contribution in [0.3, 0.4) is 0 Å². The molecule has 0 aromatic heterocycles. The molecule has 0 saturated carbocycles. The molecule has 2 unspecified atom stereocenters. The molecule has 0 aromatic carbocycles. The van der Waals surface area contributed by atoms with Crippen molar-refractivity contribution in [2.24, 2.45) is 11.8 Å². The zero-order chi connectivity index (χ0) is 12.6. The molecule has 0 aliphatic carbocycles. The first-order valence-corrected chi connectivity index (χ1v) is 5.92. The zero-order valence-electron chi connectivity index (χ0n) is 10.8. The van der Waals surface area contributed by atoms with E-state index in [1.54, 1.807) is 13.0 Å². The average molecular weight is 228 g/mol. The van der Waals surface area contributed by atoms with Crippen LogP contribution in [0.15, 0.2) is 11.6 Å². The van der Waals surface area contributed by atoms with E-state index in [4.69, 9.17) is 9.84 Å². The lowest BCUT2D eigenvalue weighted by Gasteiger charge is -2.14. The van der Waals surface area contributed by atoms with Crippen molar-refractivity contribution in [1.82, 2.24) is 0 Å². The van der Waals surface area contributed by atoms with Crippen molar-refractivity contribution >= 4 is 5.97 Å². The summed E-state index contributed by atoms with van der Waals surface area (Å²) in [5.74, 6) is 0.447. The second-order valence-electron chi connectivity index (χ2n) is 4.54. The second kappa shape index (κ2) is 8.34. The standard InChI is InChI=1S/C13H24O3/c1-5-12(4)13(15)16-9-11(3)7-6-10(2)8-14/h5,10-11,14H,6-9H2,1-4H3. The van der Waals surface area contributed by atoms with Crippen molar-refractivity contribution < 1.29 is 14.6 Å². The maximum atomic E-state index is 11.3. The van der Waals surface area contributed by atoms with Crippen LogP contribution in [0.4, 0.5) is 0 Å². The lowest BCUT2D eigenvalue weighted by atomic mass is 9.99. The molecule has 0 saturated heterocycles. The molecule has 0 spiro atoms. The van der Waals surface area contributed by atoms with E-state index in [1.807, 2.05) is 13.8 Å². The monoisotopic (exact) mass is 228 g/mol. The molecule has 0 heterocycles. The Balaban J connectivity index is 3.73. The van der Waals surface area contributed by atoms with Gasteiger partial charge in [0.2, 0.25) is 0 Å². The molecule has 0 radical (unpaired) electrons. The normalized spacial score (nSPS) is 15.7. The van der Waals surface area contributed by atoms with Crippen molar-refractivity contribution in [3.05, 3.63) is 11.6 Å². The molecule has 16 heavy (non-hydrogen) atoms. The van der Waals surface area contributed by atoms with Crippen LogP contribution >= 0.6 is 0 Å². The Kier molecular flexibility index (Phi) is 7.90. The van der Waals surface area contributed by atoms with Crippen molar-refractivity contribution in [2.45, 2.75) is 40.5 Å². The third-order valence-electron chi connectivity index (χ3n) is 2.72. The number of carbonyl (C=O) groups is 1. The third-order valence-corrected chi connectivity index (χ3v) is 2.72. The van der Waals surface area contributed by atoms with E-state index in [9.17, 15) is 4.79 Å². The molecule has 0 amide bonds. The minimum absolute atomic E-state index is 0.226. The van der Waals surface area contributed by atoms with Gasteiger partial charge in [-0.2, -0.15) is 0 Å². The van der Waals surface area contributed by atoms with Gasteiger partial charge in [-0.05, 0) is 38.5 Å². The molecule has 2 atom stereocenters. The van der Waals surface area contributed by atoms with Crippen LogP contribution in [0, 0.1) is 11.8 Å². The summed E-state index contributed by atoms with van der Waals surface area (Å²) in [6.45, 7) is 8.33. The van der Waals surface area contributed by atoms with Gasteiger partial charge in [-0.1, -0.05) is 19.9 Å². The van der Waals surface area contributed by atoms with E-state index in [0.717, 1.165) is 12.8 Å². The summed E-state index contributed by atoms with van der Waals surface area (Å²) < 4.78 is 5.15. The highest BCUT2D eigenvalue weighted by atomic mass is 16.5. The van der Waals surface area contributed by atoms with E-state index < -0.39 is 0 Å². The van der Waals surface area contributed by atoms with Crippen molar-refractivity contribution in [3.63, 3.8) is 0 Å². The number of aliphatic hydroxyl groups is 1. The van der Waals surface area contributed by atoms with E-state index in [1.165, 1.54) is 0 Å². The Morgan fingerprint density at radius 2 is 1.88 bits per heavy atom. The van der Waals surface area contributed by atoms with Gasteiger partial charge in [0.25, 0.3) is 0 Å². The number of carbonyl (C=O) groups excluding carboxylic acids is 1. The summed E-state index contributed by atoms with van der Waals surface area (Å²) in [6.07, 6.45) is 3.70. The highest BCUT2D eigenvalue weighted by Crippen LogP contribution is 2.12. The molecule has 0 aromatic rings. The lowest BCUT2D eigenvalue weighted by Crippen LogP contribution is -2.14. The van der Waals surface area contributed by atoms with Gasteiger partial charge in [0.05, 0.1) is 6.61 Å². The summed E-state index contributed by atoms with van der Waals surface area (Å²) in [4.78, 5) is 11.3. The average Bonchev–Trinajstić information content (AvgIpc) is 2.31. The van der Waals surface area contributed by atoms with E-state index in [0.29, 0.717) is 24.0 Å². The minimum atomic E-state index is -0.232. The molecular weight excluding hydrogens is 204 g/mol. The van der Waals surface area contributed by atoms with Crippen LogP contribution in [-0.2, 0) is 9.53 Å². The quantitative estimate of drug-likeness (QED) is 0.538. The maximum Gasteiger partial charge on any atom is 0.333 e. The number of aliphatic hydroxyl groups excluding tert-OH is 1. The van der Waals surface area contributed by atoms with Crippen molar-refractivity contribution in [3.8, 4) is 0 Å². The molecule has 0 aliphatic rings. The van der Waals surface area contributed by atoms with Gasteiger partial charge in [0, 0.05) is 12.2 Å². The SMILES string of the molecule is CC=C(C)C(=O)OCC(C)CCC(C)CO. The van der Waals surface area contributed by atoms with Gasteiger partial charge in [-0.25, -0.2) is 4.79 Å². The molecule has 1 N–H and O–H groups in total. The van der Waals surface area contributed by atoms with E-state index in [2.05, 4.69) is 6.92 Å². The fourth-order valence-corrected chi connectivity index (χ4v) is 1.19. The number of hydrogen-bond donors (Lipinski definition) is 1. The fourth-order valence-electron chi connectivity index (χ4n) is 1.19. The highest BCUT2D eigenvalue weighted by Gasteiger charge is 2.10. The summed E-state index contributed by atoms with van der Waals surface area (Å²) in [5, 5.41) is 8.88. The Bertz CT molecular complexity index is 233. The van der Waals surface area contributed by atoms with Crippen LogP contribution in [0.5, 0.6) is 0 Å². The van der Waals surface area contributed by atoms with E-state index >= 15 is 0 Å². The predicted molar refractivity (Wildman–Crippen MR) is 65.0 cm³/mol. The van der Waals surface area contributed by atoms with Gasteiger partial charge in [-0.3, -0.25) is 0 Å². The third kappa shape index (κ3) is 6.62. The first-order chi connectivity index (χ1) is 7.51. The Labute approximate surface area is 98.5 Å². The number of allylic oxidation sites excluding steroid dienone is 1. The molecular formula is C13H24O3.